The number of nitrogens with zero attached hydrogens (tertiary/aromatic N) is 1. The minimum Gasteiger partial charge on any atom is -0.493 e. The van der Waals surface area contributed by atoms with Crippen LogP contribution in [0, 0.1) is 5.92 Å². The molecular weight excluding hydrogens is 360 g/mol. The van der Waals surface area contributed by atoms with Crippen LogP contribution >= 0.6 is 0 Å². The van der Waals surface area contributed by atoms with Gasteiger partial charge in [-0.15, -0.1) is 0 Å². The average Bonchev–Trinajstić information content (AvgIpc) is 3.60. The second kappa shape index (κ2) is 8.46. The second-order valence-electron chi connectivity index (χ2n) is 7.80. The molecule has 1 heterocycles. The van der Waals surface area contributed by atoms with E-state index in [9.17, 15) is 9.59 Å². The van der Waals surface area contributed by atoms with Crippen LogP contribution in [0.2, 0.25) is 0 Å². The molecule has 2 aliphatic carbocycles. The summed E-state index contributed by atoms with van der Waals surface area (Å²) < 4.78 is 11.4. The smallest absolute Gasteiger partial charge is 0.324 e. The van der Waals surface area contributed by atoms with E-state index in [1.807, 2.05) is 6.07 Å². The van der Waals surface area contributed by atoms with E-state index in [-0.39, 0.29) is 24.0 Å². The van der Waals surface area contributed by atoms with E-state index in [0.717, 1.165) is 31.1 Å². The molecule has 0 bridgehead atoms. The number of hydrazine groups is 1. The summed E-state index contributed by atoms with van der Waals surface area (Å²) in [5.41, 5.74) is 7.91. The van der Waals surface area contributed by atoms with Gasteiger partial charge in [0, 0.05) is 13.1 Å². The largest absolute Gasteiger partial charge is 0.493 e. The molecule has 1 aromatic rings. The van der Waals surface area contributed by atoms with E-state index in [2.05, 4.69) is 34.4 Å². The Morgan fingerprint density at radius 2 is 2.07 bits per heavy atom. The second-order valence-corrected chi connectivity index (χ2v) is 7.80. The van der Waals surface area contributed by atoms with Crippen molar-refractivity contribution in [1.29, 1.82) is 0 Å². The van der Waals surface area contributed by atoms with Crippen molar-refractivity contribution >= 4 is 11.9 Å². The van der Waals surface area contributed by atoms with Crippen molar-refractivity contribution in [3.8, 4) is 5.75 Å². The zero-order valence-corrected chi connectivity index (χ0v) is 16.0. The molecule has 3 aliphatic rings. The van der Waals surface area contributed by atoms with Gasteiger partial charge in [0.15, 0.2) is 0 Å². The Kier molecular flexibility index (Phi) is 5.79. The highest BCUT2D eigenvalue weighted by atomic mass is 16.5. The highest BCUT2D eigenvalue weighted by Crippen LogP contribution is 2.45. The average molecular weight is 388 g/mol. The summed E-state index contributed by atoms with van der Waals surface area (Å²) in [5, 5.41) is 2.25. The first-order chi connectivity index (χ1) is 13.6. The minimum atomic E-state index is -0.340. The molecule has 3 N–H and O–H groups in total. The lowest BCUT2D eigenvalue weighted by Crippen LogP contribution is -2.42. The molecule has 0 spiro atoms. The number of benzene rings is 1. The van der Waals surface area contributed by atoms with Gasteiger partial charge in [-0.3, -0.25) is 15.5 Å². The summed E-state index contributed by atoms with van der Waals surface area (Å²) in [7, 11) is 0. The molecule has 3 amide bonds. The highest BCUT2D eigenvalue weighted by molar-refractivity contribution is 6.01. The first kappa shape index (κ1) is 19.2. The maximum Gasteiger partial charge on any atom is 0.324 e. The van der Waals surface area contributed by atoms with Crippen LogP contribution in [0.25, 0.3) is 0 Å². The molecule has 0 unspecified atom stereocenters. The van der Waals surface area contributed by atoms with E-state index in [4.69, 9.17) is 9.47 Å². The van der Waals surface area contributed by atoms with Crippen LogP contribution in [0.1, 0.15) is 31.2 Å². The molecule has 1 aromatic carbocycles. The molecule has 0 atom stereocenters. The van der Waals surface area contributed by atoms with E-state index >= 15 is 0 Å². The summed E-state index contributed by atoms with van der Waals surface area (Å²) >= 11 is 0. The predicted molar refractivity (Wildman–Crippen MR) is 103 cm³/mol. The Balaban J connectivity index is 1.12. The molecular formula is C20H28N4O4. The van der Waals surface area contributed by atoms with E-state index in [1.165, 1.54) is 23.3 Å². The van der Waals surface area contributed by atoms with Gasteiger partial charge in [0.25, 0.3) is 0 Å². The van der Waals surface area contributed by atoms with Gasteiger partial charge in [0.05, 0.1) is 25.4 Å². The number of carbonyl (C=O) groups is 2. The lowest BCUT2D eigenvalue weighted by molar-refractivity contribution is -0.118. The fraction of sp³-hybridized carbons (Fsp3) is 0.600. The minimum absolute atomic E-state index is 0.0209. The van der Waals surface area contributed by atoms with Crippen molar-refractivity contribution in [2.24, 2.45) is 5.92 Å². The van der Waals surface area contributed by atoms with E-state index in [0.29, 0.717) is 26.3 Å². The van der Waals surface area contributed by atoms with Gasteiger partial charge in [0.2, 0.25) is 5.91 Å². The molecule has 2 saturated carbocycles. The van der Waals surface area contributed by atoms with Crippen LogP contribution in [-0.2, 0) is 15.1 Å². The number of hydrogen-bond donors (Lipinski definition) is 3. The van der Waals surface area contributed by atoms with Crippen LogP contribution in [0.3, 0.4) is 0 Å². The monoisotopic (exact) mass is 388 g/mol. The molecule has 152 valence electrons. The number of rotatable bonds is 12. The standard InChI is InChI=1S/C20H28N4O4/c25-18-13-24(19(26)22-18)9-11-27-10-8-21-23-20(6-7-20)16-2-1-3-17(12-16)28-14-15-4-5-15/h1-3,12,15,21,23H,4-11,13-14H2,(H,22,25,26). The van der Waals surface area contributed by atoms with Crippen LogP contribution in [-0.4, -0.2) is 56.3 Å². The molecule has 8 heteroatoms. The number of amides is 3. The normalized spacial score (nSPS) is 20.4. The Labute approximate surface area is 164 Å². The van der Waals surface area contributed by atoms with Crippen molar-refractivity contribution in [2.75, 3.05) is 39.5 Å². The number of carbonyl (C=O) groups excluding carboxylic acids is 2. The van der Waals surface area contributed by atoms with E-state index < -0.39 is 0 Å². The fourth-order valence-corrected chi connectivity index (χ4v) is 3.29. The number of ether oxygens (including phenoxy) is 2. The summed E-state index contributed by atoms with van der Waals surface area (Å²) in [6.07, 6.45) is 4.76. The number of imide groups is 1. The van der Waals surface area contributed by atoms with Crippen LogP contribution in [0.4, 0.5) is 4.79 Å². The Morgan fingerprint density at radius 1 is 1.21 bits per heavy atom. The molecule has 0 aromatic heterocycles. The fourth-order valence-electron chi connectivity index (χ4n) is 3.29. The van der Waals surface area contributed by atoms with Crippen LogP contribution < -0.4 is 20.9 Å². The zero-order valence-electron chi connectivity index (χ0n) is 16.0. The quantitative estimate of drug-likeness (QED) is 0.282. The van der Waals surface area contributed by atoms with Crippen molar-refractivity contribution in [2.45, 2.75) is 31.2 Å². The van der Waals surface area contributed by atoms with Gasteiger partial charge in [0.1, 0.15) is 12.3 Å². The molecule has 4 rings (SSSR count). The third-order valence-electron chi connectivity index (χ3n) is 5.39. The number of nitrogens with one attached hydrogen (secondary N) is 3. The molecule has 28 heavy (non-hydrogen) atoms. The zero-order chi connectivity index (χ0) is 19.4. The van der Waals surface area contributed by atoms with Gasteiger partial charge < -0.3 is 14.4 Å². The number of hydrogen-bond acceptors (Lipinski definition) is 6. The topological polar surface area (TPSA) is 91.9 Å². The molecule has 0 radical (unpaired) electrons. The summed E-state index contributed by atoms with van der Waals surface area (Å²) in [5.74, 6) is 1.44. The third kappa shape index (κ3) is 5.01. The molecule has 3 fully saturated rings. The van der Waals surface area contributed by atoms with Gasteiger partial charge in [-0.25, -0.2) is 10.2 Å². The van der Waals surface area contributed by atoms with Crippen LogP contribution in [0.15, 0.2) is 24.3 Å². The Hall–Kier alpha value is -2.16. The first-order valence-electron chi connectivity index (χ1n) is 10.0. The number of urea groups is 1. The van der Waals surface area contributed by atoms with E-state index in [1.54, 1.807) is 0 Å². The summed E-state index contributed by atoms with van der Waals surface area (Å²) in [6, 6.07) is 8.03. The molecule has 1 aliphatic heterocycles. The van der Waals surface area contributed by atoms with Crippen molar-refractivity contribution in [3.63, 3.8) is 0 Å². The van der Waals surface area contributed by atoms with Crippen molar-refractivity contribution < 1.29 is 19.1 Å². The molecule has 8 nitrogen and oxygen atoms in total. The van der Waals surface area contributed by atoms with Gasteiger partial charge in [-0.05, 0) is 49.3 Å². The maximum absolute atomic E-state index is 11.4. The summed E-state index contributed by atoms with van der Waals surface area (Å²) in [4.78, 5) is 24.0. The predicted octanol–water partition coefficient (Wildman–Crippen LogP) is 1.13. The summed E-state index contributed by atoms with van der Waals surface area (Å²) in [6.45, 7) is 2.96. The molecule has 1 saturated heterocycles. The Morgan fingerprint density at radius 3 is 2.79 bits per heavy atom. The first-order valence-corrected chi connectivity index (χ1v) is 10.0. The third-order valence-corrected chi connectivity index (χ3v) is 5.39. The highest BCUT2D eigenvalue weighted by Gasteiger charge is 2.44. The van der Waals surface area contributed by atoms with Crippen molar-refractivity contribution in [1.82, 2.24) is 21.1 Å². The van der Waals surface area contributed by atoms with Gasteiger partial charge >= 0.3 is 6.03 Å². The lowest BCUT2D eigenvalue weighted by Gasteiger charge is -2.20. The van der Waals surface area contributed by atoms with Gasteiger partial charge in [-0.2, -0.15) is 0 Å². The SMILES string of the molecule is O=C1CN(CCOCCNNC2(c3cccc(OCC4CC4)c3)CC2)C(=O)N1. The maximum atomic E-state index is 11.4. The van der Waals surface area contributed by atoms with Crippen LogP contribution in [0.5, 0.6) is 5.75 Å². The lowest BCUT2D eigenvalue weighted by atomic mass is 10.1. The van der Waals surface area contributed by atoms with Gasteiger partial charge in [-0.1, -0.05) is 12.1 Å². The Bertz CT molecular complexity index is 718. The van der Waals surface area contributed by atoms with Crippen molar-refractivity contribution in [3.05, 3.63) is 29.8 Å².